The Balaban J connectivity index is 1.83. The number of benzene rings is 1. The van der Waals surface area contributed by atoms with Gasteiger partial charge in [0.25, 0.3) is 0 Å². The van der Waals surface area contributed by atoms with Gasteiger partial charge in [0.2, 0.25) is 5.96 Å². The fraction of sp³-hybridized carbons (Fsp3) is 0.375. The summed E-state index contributed by atoms with van der Waals surface area (Å²) in [6.07, 6.45) is 5.26. The number of aromatic nitrogens is 1. The highest BCUT2D eigenvalue weighted by molar-refractivity contribution is 7.22. The van der Waals surface area contributed by atoms with Crippen molar-refractivity contribution in [3.05, 3.63) is 36.5 Å². The number of rotatable bonds is 5. The van der Waals surface area contributed by atoms with Crippen LogP contribution in [0.1, 0.15) is 19.8 Å². The predicted octanol–water partition coefficient (Wildman–Crippen LogP) is 2.74. The average molecular weight is 316 g/mol. The van der Waals surface area contributed by atoms with E-state index in [1.807, 2.05) is 35.4 Å². The number of fused-ring (bicyclic) bond motifs is 1. The van der Waals surface area contributed by atoms with Crippen LogP contribution in [0.5, 0.6) is 0 Å². The first kappa shape index (κ1) is 15.0. The molecule has 0 saturated heterocycles. The number of aliphatic hydroxyl groups excluding tert-OH is 1. The number of hydrogen-bond acceptors (Lipinski definition) is 4. The molecule has 0 spiro atoms. The van der Waals surface area contributed by atoms with Crippen molar-refractivity contribution in [2.45, 2.75) is 25.9 Å². The van der Waals surface area contributed by atoms with Gasteiger partial charge in [0.1, 0.15) is 0 Å². The Morgan fingerprint density at radius 2 is 2.32 bits per heavy atom. The summed E-state index contributed by atoms with van der Waals surface area (Å²) in [5.41, 5.74) is 1.00. The molecule has 0 radical (unpaired) electrons. The van der Waals surface area contributed by atoms with Crippen molar-refractivity contribution in [3.63, 3.8) is 0 Å². The summed E-state index contributed by atoms with van der Waals surface area (Å²) in [5, 5.41) is 13.9. The fourth-order valence-corrected chi connectivity index (χ4v) is 3.32. The second-order valence-corrected chi connectivity index (χ2v) is 6.24. The molecule has 0 bridgehead atoms. The molecule has 0 aliphatic carbocycles. The lowest BCUT2D eigenvalue weighted by atomic mass is 10.2. The molecule has 0 saturated carbocycles. The van der Waals surface area contributed by atoms with Crippen LogP contribution in [0.2, 0.25) is 0 Å². The molecule has 0 fully saturated rings. The van der Waals surface area contributed by atoms with Gasteiger partial charge in [-0.2, -0.15) is 0 Å². The van der Waals surface area contributed by atoms with E-state index in [0.717, 1.165) is 40.7 Å². The van der Waals surface area contributed by atoms with Gasteiger partial charge in [0, 0.05) is 12.7 Å². The number of anilines is 1. The highest BCUT2D eigenvalue weighted by Gasteiger charge is 2.19. The van der Waals surface area contributed by atoms with E-state index in [4.69, 9.17) is 0 Å². The molecular formula is C16H20N4OS. The maximum absolute atomic E-state index is 9.87. The van der Waals surface area contributed by atoms with Crippen LogP contribution in [0.15, 0.2) is 41.5 Å². The van der Waals surface area contributed by atoms with E-state index in [0.29, 0.717) is 6.54 Å². The van der Waals surface area contributed by atoms with E-state index in [1.54, 1.807) is 11.3 Å². The van der Waals surface area contributed by atoms with Crippen molar-refractivity contribution in [1.29, 1.82) is 0 Å². The molecule has 2 heterocycles. The van der Waals surface area contributed by atoms with Crippen LogP contribution < -0.4 is 10.2 Å². The van der Waals surface area contributed by atoms with Gasteiger partial charge in [0.05, 0.1) is 22.9 Å². The van der Waals surface area contributed by atoms with E-state index in [-0.39, 0.29) is 6.10 Å². The van der Waals surface area contributed by atoms with Crippen LogP contribution in [0, 0.1) is 0 Å². The Hall–Kier alpha value is -1.92. The van der Waals surface area contributed by atoms with Crippen LogP contribution in [-0.4, -0.2) is 35.2 Å². The number of nitrogens with zero attached hydrogens (tertiary/aromatic N) is 3. The predicted molar refractivity (Wildman–Crippen MR) is 92.5 cm³/mol. The normalized spacial score (nSPS) is 17.9. The van der Waals surface area contributed by atoms with Crippen LogP contribution in [-0.2, 0) is 0 Å². The Bertz CT molecular complexity index is 661. The van der Waals surface area contributed by atoms with Crippen LogP contribution in [0.3, 0.4) is 0 Å². The van der Waals surface area contributed by atoms with Gasteiger partial charge in [0.15, 0.2) is 5.13 Å². The Morgan fingerprint density at radius 1 is 1.45 bits per heavy atom. The Kier molecular flexibility index (Phi) is 4.70. The molecule has 6 heteroatoms. The number of aliphatic imine (C=N–C) groups is 1. The zero-order valence-corrected chi connectivity index (χ0v) is 13.4. The largest absolute Gasteiger partial charge is 0.391 e. The maximum atomic E-state index is 9.87. The summed E-state index contributed by atoms with van der Waals surface area (Å²) >= 11 is 1.65. The minimum Gasteiger partial charge on any atom is -0.391 e. The molecule has 1 aliphatic rings. The molecule has 1 atom stereocenters. The zero-order chi connectivity index (χ0) is 15.4. The first-order valence-corrected chi connectivity index (χ1v) is 8.36. The summed E-state index contributed by atoms with van der Waals surface area (Å²) in [7, 11) is 0. The zero-order valence-electron chi connectivity index (χ0n) is 12.6. The number of guanidine groups is 1. The van der Waals surface area contributed by atoms with Crippen molar-refractivity contribution in [2.75, 3.05) is 18.0 Å². The molecule has 1 unspecified atom stereocenters. The second kappa shape index (κ2) is 6.89. The standard InChI is InChI=1S/C16H20N4OS/c1-2-6-12(21)11-18-15-17-9-5-10-20(15)16-19-13-7-3-4-8-14(13)22-16/h3-5,7-9,12,21H,2,6,10-11H2,1H3,(H,17,18). The fourth-order valence-electron chi connectivity index (χ4n) is 2.35. The van der Waals surface area contributed by atoms with Gasteiger partial charge in [-0.25, -0.2) is 9.98 Å². The first-order valence-electron chi connectivity index (χ1n) is 7.55. The quantitative estimate of drug-likeness (QED) is 0.890. The summed E-state index contributed by atoms with van der Waals surface area (Å²) in [5.74, 6) is 0.747. The molecule has 2 N–H and O–H groups in total. The number of thiazole rings is 1. The van der Waals surface area contributed by atoms with E-state index in [1.165, 1.54) is 0 Å². The summed E-state index contributed by atoms with van der Waals surface area (Å²) in [4.78, 5) is 11.2. The van der Waals surface area contributed by atoms with Crippen molar-refractivity contribution in [1.82, 2.24) is 10.3 Å². The number of hydrogen-bond donors (Lipinski definition) is 2. The third-order valence-corrected chi connectivity index (χ3v) is 4.52. The summed E-state index contributed by atoms with van der Waals surface area (Å²) in [6.45, 7) is 3.20. The minimum absolute atomic E-state index is 0.387. The van der Waals surface area contributed by atoms with Crippen molar-refractivity contribution >= 4 is 32.6 Å². The van der Waals surface area contributed by atoms with Crippen LogP contribution in [0.4, 0.5) is 5.13 Å². The molecular weight excluding hydrogens is 296 g/mol. The minimum atomic E-state index is -0.387. The molecule has 116 valence electrons. The smallest absolute Gasteiger partial charge is 0.204 e. The SMILES string of the molecule is CCCC(O)CN=C1NC=CCN1c1nc2ccccc2s1. The third kappa shape index (κ3) is 3.28. The number of aliphatic hydroxyl groups is 1. The average Bonchev–Trinajstić information content (AvgIpc) is 2.97. The Morgan fingerprint density at radius 3 is 3.14 bits per heavy atom. The van der Waals surface area contributed by atoms with Gasteiger partial charge in [-0.05, 0) is 24.6 Å². The lowest BCUT2D eigenvalue weighted by molar-refractivity contribution is 0.172. The molecule has 1 aromatic heterocycles. The van der Waals surface area contributed by atoms with Gasteiger partial charge < -0.3 is 10.4 Å². The van der Waals surface area contributed by atoms with Gasteiger partial charge >= 0.3 is 0 Å². The molecule has 2 aromatic rings. The van der Waals surface area contributed by atoms with Crippen LogP contribution in [0.25, 0.3) is 10.2 Å². The number of nitrogens with one attached hydrogen (secondary N) is 1. The van der Waals surface area contributed by atoms with Gasteiger partial charge in [-0.3, -0.25) is 4.90 Å². The van der Waals surface area contributed by atoms with Crippen molar-refractivity contribution in [2.24, 2.45) is 4.99 Å². The molecule has 1 aliphatic heterocycles. The highest BCUT2D eigenvalue weighted by atomic mass is 32.1. The number of para-hydroxylation sites is 1. The van der Waals surface area contributed by atoms with Crippen molar-refractivity contribution in [3.8, 4) is 0 Å². The van der Waals surface area contributed by atoms with Crippen molar-refractivity contribution < 1.29 is 5.11 Å². The monoisotopic (exact) mass is 316 g/mol. The Labute approximate surface area is 134 Å². The van der Waals surface area contributed by atoms with Gasteiger partial charge in [-0.1, -0.05) is 36.8 Å². The maximum Gasteiger partial charge on any atom is 0.204 e. The van der Waals surface area contributed by atoms with Gasteiger partial charge in [-0.15, -0.1) is 0 Å². The van der Waals surface area contributed by atoms with E-state index < -0.39 is 0 Å². The van der Waals surface area contributed by atoms with E-state index >= 15 is 0 Å². The summed E-state index contributed by atoms with van der Waals surface area (Å²) < 4.78 is 1.16. The molecule has 1 aromatic carbocycles. The lowest BCUT2D eigenvalue weighted by Crippen LogP contribution is -2.43. The molecule has 0 amide bonds. The van der Waals surface area contributed by atoms with E-state index in [2.05, 4.69) is 28.3 Å². The molecule has 22 heavy (non-hydrogen) atoms. The van der Waals surface area contributed by atoms with Crippen LogP contribution >= 0.6 is 11.3 Å². The third-order valence-electron chi connectivity index (χ3n) is 3.46. The lowest BCUT2D eigenvalue weighted by Gasteiger charge is -2.25. The molecule has 5 nitrogen and oxygen atoms in total. The second-order valence-electron chi connectivity index (χ2n) is 5.23. The topological polar surface area (TPSA) is 60.8 Å². The first-order chi connectivity index (χ1) is 10.8. The highest BCUT2D eigenvalue weighted by Crippen LogP contribution is 2.29. The van der Waals surface area contributed by atoms with E-state index in [9.17, 15) is 5.11 Å². The summed E-state index contributed by atoms with van der Waals surface area (Å²) in [6, 6.07) is 8.11. The molecule has 3 rings (SSSR count).